The molecule has 0 amide bonds. The highest BCUT2D eigenvalue weighted by molar-refractivity contribution is 7.89. The Morgan fingerprint density at radius 2 is 1.78 bits per heavy atom. The van der Waals surface area contributed by atoms with Gasteiger partial charge in [0.25, 0.3) is 0 Å². The van der Waals surface area contributed by atoms with Gasteiger partial charge in [0, 0.05) is 57.0 Å². The van der Waals surface area contributed by atoms with Crippen molar-refractivity contribution >= 4 is 27.4 Å². The van der Waals surface area contributed by atoms with E-state index in [1.807, 2.05) is 31.3 Å². The van der Waals surface area contributed by atoms with E-state index < -0.39 is 10.0 Å². The Hall–Kier alpha value is -1.75. The normalized spacial score (nSPS) is 20.2. The van der Waals surface area contributed by atoms with E-state index in [1.54, 1.807) is 12.1 Å². The lowest BCUT2D eigenvalue weighted by Gasteiger charge is -2.35. The average molecular weight is 480 g/mol. The minimum atomic E-state index is -3.52. The average Bonchev–Trinajstić information content (AvgIpc) is 2.81. The number of anilines is 1. The summed E-state index contributed by atoms with van der Waals surface area (Å²) in [6.07, 6.45) is 1.44. The van der Waals surface area contributed by atoms with Gasteiger partial charge in [-0.15, -0.1) is 0 Å². The Balaban J connectivity index is 1.45. The number of aromatic nitrogens is 1. The van der Waals surface area contributed by atoms with Gasteiger partial charge in [0.05, 0.1) is 19.3 Å². The van der Waals surface area contributed by atoms with Gasteiger partial charge in [0.2, 0.25) is 10.0 Å². The molecule has 0 spiro atoms. The van der Waals surface area contributed by atoms with Crippen LogP contribution in [0.25, 0.3) is 0 Å². The molecule has 32 heavy (non-hydrogen) atoms. The fraction of sp³-hybridized carbons (Fsp3) is 0.500. The zero-order valence-corrected chi connectivity index (χ0v) is 19.9. The van der Waals surface area contributed by atoms with E-state index in [0.717, 1.165) is 36.8 Å². The van der Waals surface area contributed by atoms with Crippen LogP contribution in [0.4, 0.5) is 5.82 Å². The molecule has 2 aliphatic rings. The largest absolute Gasteiger partial charge is 0.379 e. The first-order valence-corrected chi connectivity index (χ1v) is 12.7. The van der Waals surface area contributed by atoms with Crippen molar-refractivity contribution < 1.29 is 13.2 Å². The summed E-state index contributed by atoms with van der Waals surface area (Å²) < 4.78 is 32.9. The molecule has 2 saturated heterocycles. The lowest BCUT2D eigenvalue weighted by molar-refractivity contribution is 0.0187. The second-order valence-electron chi connectivity index (χ2n) is 8.15. The number of rotatable bonds is 7. The molecule has 10 heteroatoms. The summed E-state index contributed by atoms with van der Waals surface area (Å²) in [6.45, 7) is 6.10. The maximum Gasteiger partial charge on any atom is 0.244 e. The lowest BCUT2D eigenvalue weighted by atomic mass is 10.0. The topological polar surface area (TPSA) is 78.0 Å². The van der Waals surface area contributed by atoms with Crippen molar-refractivity contribution in [2.24, 2.45) is 0 Å². The Bertz CT molecular complexity index is 991. The Morgan fingerprint density at radius 3 is 2.44 bits per heavy atom. The zero-order valence-electron chi connectivity index (χ0n) is 18.3. The molecule has 0 aliphatic carbocycles. The first kappa shape index (κ1) is 23.4. The third kappa shape index (κ3) is 5.41. The quantitative estimate of drug-likeness (QED) is 0.652. The van der Waals surface area contributed by atoms with Crippen LogP contribution in [0.5, 0.6) is 0 Å². The molecule has 1 N–H and O–H groups in total. The van der Waals surface area contributed by atoms with Crippen molar-refractivity contribution in [1.82, 2.24) is 19.1 Å². The minimum Gasteiger partial charge on any atom is -0.379 e. The molecule has 174 valence electrons. The number of nitrogens with zero attached hydrogens (tertiary/aromatic N) is 4. The van der Waals surface area contributed by atoms with Crippen LogP contribution in [0.1, 0.15) is 11.6 Å². The summed E-state index contributed by atoms with van der Waals surface area (Å²) in [4.78, 5) is 9.09. The summed E-state index contributed by atoms with van der Waals surface area (Å²) in [5, 5.41) is 4.09. The summed E-state index contributed by atoms with van der Waals surface area (Å²) in [5.41, 5.74) is 1.05. The number of piperazine rings is 1. The van der Waals surface area contributed by atoms with Gasteiger partial charge in [-0.05, 0) is 30.8 Å². The van der Waals surface area contributed by atoms with Crippen LogP contribution in [0.15, 0.2) is 47.5 Å². The first-order chi connectivity index (χ1) is 15.4. The van der Waals surface area contributed by atoms with Gasteiger partial charge < -0.3 is 15.0 Å². The Labute approximate surface area is 195 Å². The van der Waals surface area contributed by atoms with Gasteiger partial charge in [0.1, 0.15) is 10.7 Å². The molecule has 1 aromatic heterocycles. The van der Waals surface area contributed by atoms with Crippen LogP contribution in [0.2, 0.25) is 5.02 Å². The van der Waals surface area contributed by atoms with E-state index in [1.165, 1.54) is 10.5 Å². The van der Waals surface area contributed by atoms with Gasteiger partial charge in [-0.25, -0.2) is 13.4 Å². The molecule has 2 fully saturated rings. The monoisotopic (exact) mass is 479 g/mol. The van der Waals surface area contributed by atoms with Crippen LogP contribution in [-0.2, 0) is 14.8 Å². The van der Waals surface area contributed by atoms with Crippen molar-refractivity contribution in [1.29, 1.82) is 0 Å². The van der Waals surface area contributed by atoms with Crippen LogP contribution in [0.3, 0.4) is 0 Å². The van der Waals surface area contributed by atoms with E-state index in [0.29, 0.717) is 38.7 Å². The van der Waals surface area contributed by atoms with E-state index >= 15 is 0 Å². The summed E-state index contributed by atoms with van der Waals surface area (Å²) in [6, 6.07) is 11.3. The summed E-state index contributed by atoms with van der Waals surface area (Å²) in [5.74, 6) is 0.632. The SMILES string of the molecule is CN1CCN(S(=O)(=O)c2ccc(NCC(c3ccccc3Cl)N3CCOCC3)nc2)CC1. The molecule has 3 heterocycles. The van der Waals surface area contributed by atoms with Gasteiger partial charge in [-0.3, -0.25) is 4.90 Å². The predicted molar refractivity (Wildman–Crippen MR) is 126 cm³/mol. The number of sulfonamides is 1. The van der Waals surface area contributed by atoms with Crippen LogP contribution in [0, 0.1) is 0 Å². The Morgan fingerprint density at radius 1 is 1.06 bits per heavy atom. The van der Waals surface area contributed by atoms with E-state index in [4.69, 9.17) is 16.3 Å². The van der Waals surface area contributed by atoms with Crippen molar-refractivity contribution in [3.8, 4) is 0 Å². The summed E-state index contributed by atoms with van der Waals surface area (Å²) >= 11 is 6.50. The van der Waals surface area contributed by atoms with Crippen LogP contribution < -0.4 is 5.32 Å². The number of halogens is 1. The molecule has 0 radical (unpaired) electrons. The van der Waals surface area contributed by atoms with Gasteiger partial charge in [-0.1, -0.05) is 29.8 Å². The third-order valence-corrected chi connectivity index (χ3v) is 8.29. The highest BCUT2D eigenvalue weighted by atomic mass is 35.5. The fourth-order valence-electron chi connectivity index (χ4n) is 4.09. The fourth-order valence-corrected chi connectivity index (χ4v) is 5.72. The number of nitrogens with one attached hydrogen (secondary N) is 1. The minimum absolute atomic E-state index is 0.0585. The van der Waals surface area contributed by atoms with Crippen molar-refractivity contribution in [3.05, 3.63) is 53.2 Å². The standard InChI is InChI=1S/C22H30ClN5O3S/c1-26-8-10-28(11-9-26)32(29,30)18-6-7-22(24-16-18)25-17-21(27-12-14-31-15-13-27)19-4-2-3-5-20(19)23/h2-7,16,21H,8-15,17H2,1H3,(H,24,25). The van der Waals surface area contributed by atoms with E-state index in [2.05, 4.69) is 20.1 Å². The third-order valence-electron chi connectivity index (χ3n) is 6.06. The van der Waals surface area contributed by atoms with E-state index in [9.17, 15) is 8.42 Å². The molecule has 0 bridgehead atoms. The molecule has 2 aliphatic heterocycles. The number of hydrogen-bond acceptors (Lipinski definition) is 7. The predicted octanol–water partition coefficient (Wildman–Crippen LogP) is 2.16. The number of ether oxygens (including phenoxy) is 1. The molecular formula is C22H30ClN5O3S. The highest BCUT2D eigenvalue weighted by Gasteiger charge is 2.28. The maximum atomic E-state index is 12.9. The molecule has 2 aromatic rings. The Kier molecular flexibility index (Phi) is 7.65. The van der Waals surface area contributed by atoms with Gasteiger partial charge >= 0.3 is 0 Å². The van der Waals surface area contributed by atoms with Gasteiger partial charge in [-0.2, -0.15) is 4.31 Å². The second-order valence-corrected chi connectivity index (χ2v) is 10.5. The number of hydrogen-bond donors (Lipinski definition) is 1. The molecular weight excluding hydrogens is 450 g/mol. The van der Waals surface area contributed by atoms with Gasteiger partial charge in [0.15, 0.2) is 0 Å². The van der Waals surface area contributed by atoms with Crippen LogP contribution in [-0.4, -0.2) is 93.6 Å². The number of benzene rings is 1. The number of likely N-dealkylation sites (N-methyl/N-ethyl adjacent to an activating group) is 1. The number of pyridine rings is 1. The smallest absolute Gasteiger partial charge is 0.244 e. The molecule has 1 unspecified atom stereocenters. The first-order valence-electron chi connectivity index (χ1n) is 10.9. The maximum absolute atomic E-state index is 12.9. The van der Waals surface area contributed by atoms with E-state index in [-0.39, 0.29) is 10.9 Å². The molecule has 0 saturated carbocycles. The molecule has 1 atom stereocenters. The van der Waals surface area contributed by atoms with Crippen LogP contribution >= 0.6 is 11.6 Å². The number of morpholine rings is 1. The summed E-state index contributed by atoms with van der Waals surface area (Å²) in [7, 11) is -1.52. The molecule has 4 rings (SSSR count). The molecule has 8 nitrogen and oxygen atoms in total. The van der Waals surface area contributed by atoms with Crippen molar-refractivity contribution in [2.75, 3.05) is 71.4 Å². The highest BCUT2D eigenvalue weighted by Crippen LogP contribution is 2.28. The van der Waals surface area contributed by atoms with Crippen molar-refractivity contribution in [3.63, 3.8) is 0 Å². The zero-order chi connectivity index (χ0) is 22.6. The van der Waals surface area contributed by atoms with Crippen molar-refractivity contribution in [2.45, 2.75) is 10.9 Å². The molecule has 1 aromatic carbocycles. The second kappa shape index (κ2) is 10.5. The lowest BCUT2D eigenvalue weighted by Crippen LogP contribution is -2.47.